The summed E-state index contributed by atoms with van der Waals surface area (Å²) < 4.78 is 5.67. The highest BCUT2D eigenvalue weighted by Crippen LogP contribution is 2.17. The van der Waals surface area contributed by atoms with E-state index >= 15 is 0 Å². The van der Waals surface area contributed by atoms with Crippen molar-refractivity contribution in [2.75, 3.05) is 26.2 Å². The zero-order chi connectivity index (χ0) is 15.5. The Morgan fingerprint density at radius 3 is 2.55 bits per heavy atom. The molecule has 22 heavy (non-hydrogen) atoms. The fourth-order valence-electron chi connectivity index (χ4n) is 3.28. The van der Waals surface area contributed by atoms with Crippen molar-refractivity contribution in [1.82, 2.24) is 9.80 Å². The molecule has 0 N–H and O–H groups in total. The van der Waals surface area contributed by atoms with E-state index in [4.69, 9.17) is 4.74 Å². The molecule has 1 amide bonds. The second kappa shape index (κ2) is 6.80. The molecule has 2 unspecified atom stereocenters. The van der Waals surface area contributed by atoms with Crippen LogP contribution in [0.15, 0.2) is 24.3 Å². The Morgan fingerprint density at radius 1 is 1.18 bits per heavy atom. The second-order valence-corrected chi connectivity index (χ2v) is 6.62. The van der Waals surface area contributed by atoms with Crippen LogP contribution in [0.1, 0.15) is 42.6 Å². The molecule has 1 aromatic rings. The van der Waals surface area contributed by atoms with Crippen LogP contribution in [-0.4, -0.2) is 54.1 Å². The van der Waals surface area contributed by atoms with Gasteiger partial charge >= 0.3 is 0 Å². The molecular formula is C18H26N2O2. The number of hydrogen-bond donors (Lipinski definition) is 0. The van der Waals surface area contributed by atoms with Gasteiger partial charge in [-0.2, -0.15) is 0 Å². The summed E-state index contributed by atoms with van der Waals surface area (Å²) in [6.45, 7) is 8.83. The van der Waals surface area contributed by atoms with Gasteiger partial charge in [0.1, 0.15) is 0 Å². The molecule has 2 heterocycles. The van der Waals surface area contributed by atoms with E-state index in [0.29, 0.717) is 12.1 Å². The number of carbonyl (C=O) groups excluding carboxylic acids is 1. The molecule has 0 radical (unpaired) electrons. The maximum absolute atomic E-state index is 12.3. The molecule has 2 fully saturated rings. The highest BCUT2D eigenvalue weighted by atomic mass is 16.5. The van der Waals surface area contributed by atoms with Gasteiger partial charge in [0.2, 0.25) is 0 Å². The van der Waals surface area contributed by atoms with Crippen LogP contribution in [0.25, 0.3) is 0 Å². The van der Waals surface area contributed by atoms with Crippen molar-refractivity contribution in [3.63, 3.8) is 0 Å². The zero-order valence-electron chi connectivity index (χ0n) is 13.6. The van der Waals surface area contributed by atoms with Crippen LogP contribution >= 0.6 is 0 Å². The second-order valence-electron chi connectivity index (χ2n) is 6.62. The molecule has 0 saturated carbocycles. The summed E-state index contributed by atoms with van der Waals surface area (Å²) >= 11 is 0. The quantitative estimate of drug-likeness (QED) is 0.860. The van der Waals surface area contributed by atoms with Crippen molar-refractivity contribution < 1.29 is 9.53 Å². The van der Waals surface area contributed by atoms with E-state index in [2.05, 4.69) is 30.9 Å². The minimum Gasteiger partial charge on any atom is -0.376 e. The monoisotopic (exact) mass is 302 g/mol. The molecule has 1 aromatic carbocycles. The third-order valence-corrected chi connectivity index (χ3v) is 4.72. The molecular weight excluding hydrogens is 276 g/mol. The van der Waals surface area contributed by atoms with E-state index in [1.807, 2.05) is 17.0 Å². The molecule has 3 rings (SSSR count). The van der Waals surface area contributed by atoms with Crippen LogP contribution in [0.2, 0.25) is 0 Å². The average Bonchev–Trinajstić information content (AvgIpc) is 3.05. The van der Waals surface area contributed by atoms with Gasteiger partial charge in [-0.25, -0.2) is 0 Å². The van der Waals surface area contributed by atoms with Crippen LogP contribution in [0.3, 0.4) is 0 Å². The molecule has 0 spiro atoms. The molecule has 0 aromatic heterocycles. The predicted octanol–water partition coefficient (Wildman–Crippen LogP) is 2.53. The number of morpholine rings is 1. The molecule has 4 nitrogen and oxygen atoms in total. The van der Waals surface area contributed by atoms with Crippen molar-refractivity contribution in [2.24, 2.45) is 0 Å². The summed E-state index contributed by atoms with van der Waals surface area (Å²) in [4.78, 5) is 16.8. The van der Waals surface area contributed by atoms with E-state index in [-0.39, 0.29) is 5.91 Å². The first-order valence-electron chi connectivity index (χ1n) is 8.37. The van der Waals surface area contributed by atoms with Gasteiger partial charge in [-0.05, 0) is 44.4 Å². The minimum absolute atomic E-state index is 0.178. The average molecular weight is 302 g/mol. The van der Waals surface area contributed by atoms with E-state index < -0.39 is 0 Å². The fraction of sp³-hybridized carbons (Fsp3) is 0.611. The lowest BCUT2D eigenvalue weighted by Gasteiger charge is -2.36. The van der Waals surface area contributed by atoms with Crippen LogP contribution in [0.4, 0.5) is 0 Å². The van der Waals surface area contributed by atoms with Gasteiger partial charge in [0.25, 0.3) is 5.91 Å². The van der Waals surface area contributed by atoms with Gasteiger partial charge in [-0.15, -0.1) is 0 Å². The third kappa shape index (κ3) is 3.50. The van der Waals surface area contributed by atoms with Gasteiger partial charge in [-0.3, -0.25) is 9.69 Å². The van der Waals surface area contributed by atoms with Crippen molar-refractivity contribution in [1.29, 1.82) is 0 Å². The largest absolute Gasteiger partial charge is 0.376 e. The smallest absolute Gasteiger partial charge is 0.253 e. The Hall–Kier alpha value is -1.39. The van der Waals surface area contributed by atoms with E-state index in [1.165, 1.54) is 5.56 Å². The summed E-state index contributed by atoms with van der Waals surface area (Å²) in [7, 11) is 0. The van der Waals surface area contributed by atoms with Gasteiger partial charge in [0.05, 0.1) is 12.7 Å². The first-order chi connectivity index (χ1) is 10.6. The number of rotatable bonds is 3. The van der Waals surface area contributed by atoms with Crippen molar-refractivity contribution >= 4 is 5.91 Å². The molecule has 0 aliphatic carbocycles. The summed E-state index contributed by atoms with van der Waals surface area (Å²) in [5.74, 6) is 0.178. The zero-order valence-corrected chi connectivity index (χ0v) is 13.6. The summed E-state index contributed by atoms with van der Waals surface area (Å²) in [6, 6.07) is 8.59. The number of likely N-dealkylation sites (tertiary alicyclic amines) is 1. The number of nitrogens with zero attached hydrogens (tertiary/aromatic N) is 2. The van der Waals surface area contributed by atoms with Gasteiger partial charge in [0, 0.05) is 37.8 Å². The fourth-order valence-corrected chi connectivity index (χ4v) is 3.28. The first kappa shape index (κ1) is 15.5. The lowest BCUT2D eigenvalue weighted by atomic mass is 10.1. The van der Waals surface area contributed by atoms with Crippen LogP contribution in [0.5, 0.6) is 0 Å². The summed E-state index contributed by atoms with van der Waals surface area (Å²) in [5.41, 5.74) is 2.08. The minimum atomic E-state index is 0.178. The topological polar surface area (TPSA) is 32.8 Å². The van der Waals surface area contributed by atoms with Crippen molar-refractivity contribution in [3.8, 4) is 0 Å². The summed E-state index contributed by atoms with van der Waals surface area (Å²) in [5, 5.41) is 0. The van der Waals surface area contributed by atoms with E-state index in [9.17, 15) is 4.79 Å². The number of ether oxygens (including phenoxy) is 1. The molecule has 2 aliphatic heterocycles. The highest BCUT2D eigenvalue weighted by molar-refractivity contribution is 5.94. The van der Waals surface area contributed by atoms with E-state index in [1.54, 1.807) is 0 Å². The Balaban J connectivity index is 1.62. The lowest BCUT2D eigenvalue weighted by Crippen LogP contribution is -2.46. The van der Waals surface area contributed by atoms with Crippen LogP contribution in [0, 0.1) is 0 Å². The van der Waals surface area contributed by atoms with Gasteiger partial charge in [-0.1, -0.05) is 12.1 Å². The first-order valence-corrected chi connectivity index (χ1v) is 8.37. The van der Waals surface area contributed by atoms with Gasteiger partial charge < -0.3 is 9.64 Å². The Kier molecular flexibility index (Phi) is 4.79. The van der Waals surface area contributed by atoms with Crippen LogP contribution in [-0.2, 0) is 11.3 Å². The molecule has 2 saturated heterocycles. The number of benzene rings is 1. The molecule has 2 aliphatic rings. The van der Waals surface area contributed by atoms with Crippen molar-refractivity contribution in [2.45, 2.75) is 45.4 Å². The maximum Gasteiger partial charge on any atom is 0.253 e. The van der Waals surface area contributed by atoms with Gasteiger partial charge in [0.15, 0.2) is 0 Å². The van der Waals surface area contributed by atoms with E-state index in [0.717, 1.165) is 51.2 Å². The van der Waals surface area contributed by atoms with Crippen LogP contribution < -0.4 is 0 Å². The number of hydrogen-bond acceptors (Lipinski definition) is 3. The third-order valence-electron chi connectivity index (χ3n) is 4.72. The predicted molar refractivity (Wildman–Crippen MR) is 86.9 cm³/mol. The standard InChI is InChI=1S/C18H26N2O2/c1-14-13-22-15(2)11-20(14)12-16-5-7-17(8-6-16)18(21)19-9-3-4-10-19/h5-8,14-15H,3-4,9-13H2,1-2H3. The Labute approximate surface area is 133 Å². The lowest BCUT2D eigenvalue weighted by molar-refractivity contribution is -0.0526. The number of amides is 1. The Bertz CT molecular complexity index is 508. The molecule has 0 bridgehead atoms. The Morgan fingerprint density at radius 2 is 1.86 bits per heavy atom. The summed E-state index contributed by atoms with van der Waals surface area (Å²) in [6.07, 6.45) is 2.57. The highest BCUT2D eigenvalue weighted by Gasteiger charge is 2.23. The maximum atomic E-state index is 12.3. The normalized spacial score (nSPS) is 26.4. The SMILES string of the molecule is CC1CN(Cc2ccc(C(=O)N3CCCC3)cc2)C(C)CO1. The van der Waals surface area contributed by atoms with Crippen molar-refractivity contribution in [3.05, 3.63) is 35.4 Å². The molecule has 120 valence electrons. The molecule has 2 atom stereocenters. The molecule has 4 heteroatoms. The number of carbonyl (C=O) groups is 1.